The summed E-state index contributed by atoms with van der Waals surface area (Å²) in [4.78, 5) is 15.7. The van der Waals surface area contributed by atoms with Crippen molar-refractivity contribution in [3.8, 4) is 0 Å². The maximum Gasteiger partial charge on any atom is 0.249 e. The molecule has 1 atom stereocenters. The molecule has 2 heterocycles. The predicted octanol–water partition coefficient (Wildman–Crippen LogP) is 0.856. The molecule has 0 radical (unpaired) electrons. The second-order valence-corrected chi connectivity index (χ2v) is 4.68. The van der Waals surface area contributed by atoms with Gasteiger partial charge in [0.05, 0.1) is 0 Å². The minimum absolute atomic E-state index is 0.0322. The van der Waals surface area contributed by atoms with E-state index in [0.717, 1.165) is 32.4 Å². The largest absolute Gasteiger partial charge is 0.368 e. The summed E-state index contributed by atoms with van der Waals surface area (Å²) in [5.41, 5.74) is 1.17. The average Bonchev–Trinajstić information content (AvgIpc) is 2.98. The van der Waals surface area contributed by atoms with Gasteiger partial charge in [-0.25, -0.2) is 0 Å². The minimum Gasteiger partial charge on any atom is -0.368 e. The molecule has 1 fully saturated rings. The Morgan fingerprint density at radius 2 is 2.42 bits per heavy atom. The summed E-state index contributed by atoms with van der Waals surface area (Å²) in [7, 11) is 0. The lowest BCUT2D eigenvalue weighted by molar-refractivity contribution is -0.130. The Morgan fingerprint density at radius 1 is 1.47 bits per heavy atom. The van der Waals surface area contributed by atoms with Gasteiger partial charge < -0.3 is 15.4 Å². The predicted molar refractivity (Wildman–Crippen MR) is 72.5 cm³/mol. The highest BCUT2D eigenvalue weighted by atomic mass is 16.5. The Morgan fingerprint density at radius 3 is 3.16 bits per heavy atom. The third-order valence-electron chi connectivity index (χ3n) is 3.10. The van der Waals surface area contributed by atoms with Gasteiger partial charge >= 0.3 is 0 Å². The van der Waals surface area contributed by atoms with Gasteiger partial charge in [0.2, 0.25) is 5.91 Å². The number of pyridine rings is 1. The van der Waals surface area contributed by atoms with Crippen LogP contribution in [-0.2, 0) is 16.1 Å². The van der Waals surface area contributed by atoms with Crippen LogP contribution in [0.25, 0.3) is 0 Å². The van der Waals surface area contributed by atoms with Crippen LogP contribution in [0.3, 0.4) is 0 Å². The monoisotopic (exact) mass is 263 g/mol. The number of aromatic nitrogens is 1. The minimum atomic E-state index is -0.219. The maximum atomic E-state index is 11.6. The molecule has 0 aliphatic carbocycles. The van der Waals surface area contributed by atoms with E-state index in [0.29, 0.717) is 13.2 Å². The first-order valence-electron chi connectivity index (χ1n) is 6.85. The molecule has 1 aliphatic rings. The van der Waals surface area contributed by atoms with Crippen LogP contribution < -0.4 is 10.6 Å². The van der Waals surface area contributed by atoms with E-state index < -0.39 is 0 Å². The van der Waals surface area contributed by atoms with Crippen molar-refractivity contribution in [2.75, 3.05) is 19.7 Å². The second-order valence-electron chi connectivity index (χ2n) is 4.68. The van der Waals surface area contributed by atoms with Crippen LogP contribution in [0.4, 0.5) is 0 Å². The summed E-state index contributed by atoms with van der Waals surface area (Å²) in [6.07, 6.45) is 6.16. The zero-order valence-electron chi connectivity index (χ0n) is 11.1. The number of ether oxygens (including phenoxy) is 1. The summed E-state index contributed by atoms with van der Waals surface area (Å²) in [6.45, 7) is 3.09. The van der Waals surface area contributed by atoms with Crippen molar-refractivity contribution in [1.29, 1.82) is 0 Å². The van der Waals surface area contributed by atoms with E-state index in [1.165, 1.54) is 5.56 Å². The Balaban J connectivity index is 1.49. The molecule has 2 N–H and O–H groups in total. The molecule has 0 aromatic carbocycles. The van der Waals surface area contributed by atoms with Gasteiger partial charge in [-0.2, -0.15) is 0 Å². The van der Waals surface area contributed by atoms with Crippen molar-refractivity contribution >= 4 is 5.91 Å². The summed E-state index contributed by atoms with van der Waals surface area (Å²) >= 11 is 0. The first-order chi connectivity index (χ1) is 9.36. The smallest absolute Gasteiger partial charge is 0.249 e. The molecular weight excluding hydrogens is 242 g/mol. The highest BCUT2D eigenvalue weighted by Crippen LogP contribution is 2.11. The standard InChI is InChI=1S/C14H21N3O2/c18-14(13-5-2-9-19-13)17-8-3-7-16-11-12-4-1-6-15-10-12/h1,4,6,10,13,16H,2-3,5,7-9,11H2,(H,17,18). The van der Waals surface area contributed by atoms with E-state index in [4.69, 9.17) is 4.74 Å². The summed E-state index contributed by atoms with van der Waals surface area (Å²) in [5.74, 6) is 0.0322. The van der Waals surface area contributed by atoms with Gasteiger partial charge in [-0.05, 0) is 37.4 Å². The number of nitrogens with zero attached hydrogens (tertiary/aromatic N) is 1. The molecule has 2 rings (SSSR count). The molecule has 0 bridgehead atoms. The van der Waals surface area contributed by atoms with Gasteiger partial charge in [-0.1, -0.05) is 6.07 Å². The number of carbonyl (C=O) groups excluding carboxylic acids is 1. The number of hydrogen-bond donors (Lipinski definition) is 2. The molecule has 0 spiro atoms. The normalized spacial score (nSPS) is 18.4. The van der Waals surface area contributed by atoms with Gasteiger partial charge in [0.25, 0.3) is 0 Å². The van der Waals surface area contributed by atoms with Crippen molar-refractivity contribution < 1.29 is 9.53 Å². The molecule has 1 amide bonds. The third-order valence-corrected chi connectivity index (χ3v) is 3.10. The third kappa shape index (κ3) is 4.96. The summed E-state index contributed by atoms with van der Waals surface area (Å²) in [6, 6.07) is 3.97. The van der Waals surface area contributed by atoms with Crippen LogP contribution in [0.15, 0.2) is 24.5 Å². The van der Waals surface area contributed by atoms with E-state index in [-0.39, 0.29) is 12.0 Å². The fourth-order valence-corrected chi connectivity index (χ4v) is 2.06. The molecule has 5 heteroatoms. The number of hydrogen-bond acceptors (Lipinski definition) is 4. The maximum absolute atomic E-state index is 11.6. The highest BCUT2D eigenvalue weighted by Gasteiger charge is 2.22. The van der Waals surface area contributed by atoms with E-state index >= 15 is 0 Å². The van der Waals surface area contributed by atoms with E-state index in [1.807, 2.05) is 18.3 Å². The molecule has 1 aromatic heterocycles. The lowest BCUT2D eigenvalue weighted by atomic mass is 10.2. The zero-order chi connectivity index (χ0) is 13.3. The highest BCUT2D eigenvalue weighted by molar-refractivity contribution is 5.80. The molecule has 1 aliphatic heterocycles. The van der Waals surface area contributed by atoms with Gasteiger partial charge in [0.15, 0.2) is 0 Å². The van der Waals surface area contributed by atoms with Crippen LogP contribution in [0.1, 0.15) is 24.8 Å². The SMILES string of the molecule is O=C(NCCCNCc1cccnc1)C1CCCO1. The summed E-state index contributed by atoms with van der Waals surface area (Å²) < 4.78 is 5.32. The molecule has 19 heavy (non-hydrogen) atoms. The molecule has 0 saturated carbocycles. The van der Waals surface area contributed by atoms with Gasteiger partial charge in [0.1, 0.15) is 6.10 Å². The van der Waals surface area contributed by atoms with Gasteiger partial charge in [0, 0.05) is 32.1 Å². The van der Waals surface area contributed by atoms with Crippen LogP contribution in [0.2, 0.25) is 0 Å². The lowest BCUT2D eigenvalue weighted by Gasteiger charge is -2.10. The quantitative estimate of drug-likeness (QED) is 0.716. The molecule has 1 unspecified atom stereocenters. The van der Waals surface area contributed by atoms with E-state index in [2.05, 4.69) is 15.6 Å². The zero-order valence-corrected chi connectivity index (χ0v) is 11.1. The fourth-order valence-electron chi connectivity index (χ4n) is 2.06. The van der Waals surface area contributed by atoms with Gasteiger partial charge in [-0.15, -0.1) is 0 Å². The average molecular weight is 263 g/mol. The van der Waals surface area contributed by atoms with Crippen LogP contribution in [0.5, 0.6) is 0 Å². The molecule has 104 valence electrons. The number of nitrogens with one attached hydrogen (secondary N) is 2. The van der Waals surface area contributed by atoms with Crippen LogP contribution in [-0.4, -0.2) is 36.7 Å². The van der Waals surface area contributed by atoms with E-state index in [9.17, 15) is 4.79 Å². The fraction of sp³-hybridized carbons (Fsp3) is 0.571. The number of rotatable bonds is 7. The Bertz CT molecular complexity index is 378. The Kier molecular flexibility index (Phi) is 5.78. The van der Waals surface area contributed by atoms with Crippen molar-refractivity contribution in [2.24, 2.45) is 0 Å². The lowest BCUT2D eigenvalue weighted by Crippen LogP contribution is -2.35. The van der Waals surface area contributed by atoms with Crippen molar-refractivity contribution in [2.45, 2.75) is 31.9 Å². The Labute approximate surface area is 113 Å². The van der Waals surface area contributed by atoms with Crippen molar-refractivity contribution in [3.63, 3.8) is 0 Å². The molecule has 1 aromatic rings. The topological polar surface area (TPSA) is 63.2 Å². The first-order valence-corrected chi connectivity index (χ1v) is 6.85. The molecule has 1 saturated heterocycles. The van der Waals surface area contributed by atoms with E-state index in [1.54, 1.807) is 6.20 Å². The molecule has 5 nitrogen and oxygen atoms in total. The summed E-state index contributed by atoms with van der Waals surface area (Å²) in [5, 5.41) is 6.23. The second kappa shape index (κ2) is 7.86. The van der Waals surface area contributed by atoms with Crippen molar-refractivity contribution in [3.05, 3.63) is 30.1 Å². The Hall–Kier alpha value is -1.46. The number of carbonyl (C=O) groups is 1. The van der Waals surface area contributed by atoms with Crippen LogP contribution in [0, 0.1) is 0 Å². The van der Waals surface area contributed by atoms with Crippen LogP contribution >= 0.6 is 0 Å². The first kappa shape index (κ1) is 14.0. The number of amides is 1. The van der Waals surface area contributed by atoms with Crippen molar-refractivity contribution in [1.82, 2.24) is 15.6 Å². The molecular formula is C14H21N3O2. The van der Waals surface area contributed by atoms with Gasteiger partial charge in [-0.3, -0.25) is 9.78 Å².